The molecular weight excluding hydrogens is 294 g/mol. The average Bonchev–Trinajstić information content (AvgIpc) is 2.74. The zero-order valence-corrected chi connectivity index (χ0v) is 14.4. The molecule has 0 spiro atoms. The molecule has 1 aliphatic heterocycles. The highest BCUT2D eigenvalue weighted by atomic mass is 32.2. The maximum Gasteiger partial charge on any atom is 0.324 e. The normalized spacial score (nSPS) is 21.0. The smallest absolute Gasteiger partial charge is 0.324 e. The second-order valence-electron chi connectivity index (χ2n) is 6.54. The lowest BCUT2D eigenvalue weighted by molar-refractivity contribution is -0.158. The van der Waals surface area contributed by atoms with Crippen molar-refractivity contribution in [3.05, 3.63) is 0 Å². The summed E-state index contributed by atoms with van der Waals surface area (Å²) in [6, 6.07) is -0.701. The number of hydrogen-bond acceptors (Lipinski definition) is 5. The summed E-state index contributed by atoms with van der Waals surface area (Å²) in [6.45, 7) is 9.53. The Balaban J connectivity index is 2.69. The Morgan fingerprint density at radius 2 is 1.95 bits per heavy atom. The van der Waals surface area contributed by atoms with Gasteiger partial charge in [-0.25, -0.2) is 8.42 Å². The molecule has 0 unspecified atom stereocenters. The highest BCUT2D eigenvalue weighted by Crippen LogP contribution is 2.24. The van der Waals surface area contributed by atoms with E-state index >= 15 is 0 Å². The van der Waals surface area contributed by atoms with Crippen LogP contribution in [0.4, 0.5) is 0 Å². The molecule has 0 amide bonds. The van der Waals surface area contributed by atoms with Crippen molar-refractivity contribution >= 4 is 16.0 Å². The molecule has 0 aliphatic carbocycles. The molecule has 1 saturated heterocycles. The molecule has 0 N–H and O–H groups in total. The second-order valence-corrected chi connectivity index (χ2v) is 8.58. The van der Waals surface area contributed by atoms with E-state index in [1.54, 1.807) is 20.8 Å². The Morgan fingerprint density at radius 3 is 2.48 bits per heavy atom. The highest BCUT2D eigenvalue weighted by molar-refractivity contribution is 7.89. The standard InChI is InChI=1S/C14H27NO5S/c1-11(2)19-9-10-21(17,18)15-8-6-7-12(15)13(16)20-14(3,4)5/h11-12H,6-10H2,1-5H3/t12-/m1/s1. The zero-order chi connectivity index (χ0) is 16.3. The summed E-state index contributed by atoms with van der Waals surface area (Å²) >= 11 is 0. The molecule has 124 valence electrons. The fourth-order valence-corrected chi connectivity index (χ4v) is 3.71. The van der Waals surface area contributed by atoms with Gasteiger partial charge in [0, 0.05) is 6.54 Å². The van der Waals surface area contributed by atoms with Crippen LogP contribution in [0.25, 0.3) is 0 Å². The number of ether oxygens (including phenoxy) is 2. The number of nitrogens with zero attached hydrogens (tertiary/aromatic N) is 1. The SMILES string of the molecule is CC(C)OCCS(=O)(=O)N1CCC[C@@H]1C(=O)OC(C)(C)C. The Kier molecular flexibility index (Phi) is 6.19. The monoisotopic (exact) mass is 321 g/mol. The molecule has 0 bridgehead atoms. The second kappa shape index (κ2) is 7.07. The lowest BCUT2D eigenvalue weighted by Gasteiger charge is -2.27. The molecule has 1 rings (SSSR count). The molecule has 0 aromatic heterocycles. The maximum absolute atomic E-state index is 12.3. The van der Waals surface area contributed by atoms with Crippen molar-refractivity contribution in [3.8, 4) is 0 Å². The fraction of sp³-hybridized carbons (Fsp3) is 0.929. The van der Waals surface area contributed by atoms with Crippen LogP contribution in [0.3, 0.4) is 0 Å². The van der Waals surface area contributed by atoms with Crippen LogP contribution in [0.5, 0.6) is 0 Å². The third kappa shape index (κ3) is 5.92. The van der Waals surface area contributed by atoms with E-state index < -0.39 is 27.6 Å². The lowest BCUT2D eigenvalue weighted by Crippen LogP contribution is -2.44. The highest BCUT2D eigenvalue weighted by Gasteiger charge is 2.40. The van der Waals surface area contributed by atoms with E-state index in [9.17, 15) is 13.2 Å². The largest absolute Gasteiger partial charge is 0.459 e. The summed E-state index contributed by atoms with van der Waals surface area (Å²) in [4.78, 5) is 12.1. The Hall–Kier alpha value is -0.660. The summed E-state index contributed by atoms with van der Waals surface area (Å²) in [7, 11) is -3.50. The van der Waals surface area contributed by atoms with Crippen molar-refractivity contribution in [2.75, 3.05) is 18.9 Å². The molecule has 1 heterocycles. The van der Waals surface area contributed by atoms with Crippen molar-refractivity contribution in [2.24, 2.45) is 0 Å². The van der Waals surface area contributed by atoms with Crippen LogP contribution in [0.2, 0.25) is 0 Å². The van der Waals surface area contributed by atoms with Gasteiger partial charge in [0.2, 0.25) is 10.0 Å². The van der Waals surface area contributed by atoms with E-state index in [0.29, 0.717) is 19.4 Å². The Labute approximate surface area is 127 Å². The number of hydrogen-bond donors (Lipinski definition) is 0. The van der Waals surface area contributed by atoms with Crippen LogP contribution in [0.15, 0.2) is 0 Å². The molecule has 0 saturated carbocycles. The summed E-state index contributed by atoms with van der Waals surface area (Å²) in [6.07, 6.45) is 1.17. The zero-order valence-electron chi connectivity index (χ0n) is 13.6. The third-order valence-corrected chi connectivity index (χ3v) is 4.87. The summed E-state index contributed by atoms with van der Waals surface area (Å²) in [5.41, 5.74) is -0.615. The summed E-state index contributed by atoms with van der Waals surface area (Å²) in [5.74, 6) is -0.571. The molecule has 1 fully saturated rings. The lowest BCUT2D eigenvalue weighted by atomic mass is 10.2. The van der Waals surface area contributed by atoms with E-state index in [1.165, 1.54) is 4.31 Å². The minimum atomic E-state index is -3.50. The molecule has 6 nitrogen and oxygen atoms in total. The van der Waals surface area contributed by atoms with Crippen LogP contribution in [-0.4, -0.2) is 55.3 Å². The first-order chi connectivity index (χ1) is 9.53. The molecule has 0 radical (unpaired) electrons. The Morgan fingerprint density at radius 1 is 1.33 bits per heavy atom. The van der Waals surface area contributed by atoms with Gasteiger partial charge in [-0.3, -0.25) is 4.79 Å². The van der Waals surface area contributed by atoms with Gasteiger partial charge < -0.3 is 9.47 Å². The van der Waals surface area contributed by atoms with Crippen molar-refractivity contribution in [1.82, 2.24) is 4.31 Å². The Bertz CT molecular complexity index is 452. The van der Waals surface area contributed by atoms with Crippen molar-refractivity contribution in [3.63, 3.8) is 0 Å². The molecule has 0 aromatic rings. The van der Waals surface area contributed by atoms with E-state index in [0.717, 1.165) is 0 Å². The van der Waals surface area contributed by atoms with Crippen LogP contribution in [0, 0.1) is 0 Å². The maximum atomic E-state index is 12.3. The molecule has 7 heteroatoms. The molecule has 0 aromatic carbocycles. The van der Waals surface area contributed by atoms with E-state index in [1.807, 2.05) is 13.8 Å². The first-order valence-electron chi connectivity index (χ1n) is 7.37. The average molecular weight is 321 g/mol. The van der Waals surface area contributed by atoms with Crippen LogP contribution in [-0.2, 0) is 24.3 Å². The summed E-state index contributed by atoms with van der Waals surface area (Å²) < 4.78 is 36.5. The van der Waals surface area contributed by atoms with E-state index in [2.05, 4.69) is 0 Å². The van der Waals surface area contributed by atoms with Gasteiger partial charge >= 0.3 is 5.97 Å². The van der Waals surface area contributed by atoms with E-state index in [-0.39, 0.29) is 18.5 Å². The molecule has 1 aliphatic rings. The molecule has 21 heavy (non-hydrogen) atoms. The minimum Gasteiger partial charge on any atom is -0.459 e. The number of esters is 1. The van der Waals surface area contributed by atoms with Gasteiger partial charge in [0.15, 0.2) is 0 Å². The van der Waals surface area contributed by atoms with Gasteiger partial charge in [-0.15, -0.1) is 0 Å². The number of carbonyl (C=O) groups excluding carboxylic acids is 1. The first-order valence-corrected chi connectivity index (χ1v) is 8.98. The van der Waals surface area contributed by atoms with E-state index in [4.69, 9.17) is 9.47 Å². The topological polar surface area (TPSA) is 72.9 Å². The molecule has 1 atom stereocenters. The molecular formula is C14H27NO5S. The fourth-order valence-electron chi connectivity index (χ4n) is 2.18. The number of sulfonamides is 1. The van der Waals surface area contributed by atoms with Gasteiger partial charge in [-0.1, -0.05) is 0 Å². The number of rotatable bonds is 6. The van der Waals surface area contributed by atoms with Gasteiger partial charge in [0.25, 0.3) is 0 Å². The first kappa shape index (κ1) is 18.4. The summed E-state index contributed by atoms with van der Waals surface area (Å²) in [5, 5.41) is 0. The predicted octanol–water partition coefficient (Wildman–Crippen LogP) is 1.55. The van der Waals surface area contributed by atoms with Gasteiger partial charge in [-0.2, -0.15) is 4.31 Å². The van der Waals surface area contributed by atoms with Crippen LogP contribution < -0.4 is 0 Å². The van der Waals surface area contributed by atoms with Crippen LogP contribution in [0.1, 0.15) is 47.5 Å². The van der Waals surface area contributed by atoms with Gasteiger partial charge in [0.1, 0.15) is 11.6 Å². The predicted molar refractivity (Wildman–Crippen MR) is 80.4 cm³/mol. The quantitative estimate of drug-likeness (QED) is 0.694. The van der Waals surface area contributed by atoms with Crippen molar-refractivity contribution < 1.29 is 22.7 Å². The number of carbonyl (C=O) groups is 1. The van der Waals surface area contributed by atoms with Gasteiger partial charge in [-0.05, 0) is 47.5 Å². The minimum absolute atomic E-state index is 0.0135. The third-order valence-electron chi connectivity index (χ3n) is 3.03. The van der Waals surface area contributed by atoms with Crippen molar-refractivity contribution in [2.45, 2.75) is 65.2 Å². The van der Waals surface area contributed by atoms with Crippen LogP contribution >= 0.6 is 0 Å². The van der Waals surface area contributed by atoms with Gasteiger partial charge in [0.05, 0.1) is 18.5 Å². The van der Waals surface area contributed by atoms with Crippen molar-refractivity contribution in [1.29, 1.82) is 0 Å².